The highest BCUT2D eigenvalue weighted by molar-refractivity contribution is 5.76. The van der Waals surface area contributed by atoms with Gasteiger partial charge in [0.1, 0.15) is 0 Å². The minimum absolute atomic E-state index is 0.410. The molecule has 116 valence electrons. The van der Waals surface area contributed by atoms with E-state index in [9.17, 15) is 4.79 Å². The van der Waals surface area contributed by atoms with Gasteiger partial charge in [0.15, 0.2) is 0 Å². The average molecular weight is 280 g/mol. The molecule has 0 aromatic heterocycles. The third kappa shape index (κ3) is 5.08. The third-order valence-electron chi connectivity index (χ3n) is 4.89. The highest BCUT2D eigenvalue weighted by atomic mass is 16.2. The molecule has 1 unspecified atom stereocenters. The molecule has 1 amide bonds. The van der Waals surface area contributed by atoms with Crippen LogP contribution in [0.15, 0.2) is 0 Å². The van der Waals surface area contributed by atoms with E-state index in [-0.39, 0.29) is 0 Å². The summed E-state index contributed by atoms with van der Waals surface area (Å²) >= 11 is 0. The molecule has 1 aliphatic carbocycles. The first-order valence-electron chi connectivity index (χ1n) is 8.80. The van der Waals surface area contributed by atoms with Crippen LogP contribution in [0.2, 0.25) is 0 Å². The van der Waals surface area contributed by atoms with E-state index >= 15 is 0 Å². The quantitative estimate of drug-likeness (QED) is 0.757. The molecule has 0 radical (unpaired) electrons. The fourth-order valence-electron chi connectivity index (χ4n) is 3.71. The predicted molar refractivity (Wildman–Crippen MR) is 83.7 cm³/mol. The maximum absolute atomic E-state index is 12.6. The van der Waals surface area contributed by atoms with Crippen LogP contribution in [0.3, 0.4) is 0 Å². The first-order valence-corrected chi connectivity index (χ1v) is 8.80. The molecule has 0 aromatic rings. The molecule has 0 spiro atoms. The molecule has 0 aromatic carbocycles. The lowest BCUT2D eigenvalue weighted by atomic mass is 9.96. The maximum Gasteiger partial charge on any atom is 0.222 e. The molecule has 1 saturated heterocycles. The van der Waals surface area contributed by atoms with Gasteiger partial charge < -0.3 is 10.2 Å². The van der Waals surface area contributed by atoms with E-state index in [1.54, 1.807) is 0 Å². The van der Waals surface area contributed by atoms with Gasteiger partial charge in [0.2, 0.25) is 5.91 Å². The minimum atomic E-state index is 0.410. The van der Waals surface area contributed by atoms with Crippen LogP contribution in [0.4, 0.5) is 0 Å². The highest BCUT2D eigenvalue weighted by Gasteiger charge is 2.23. The normalized spacial score (nSPS) is 24.6. The Morgan fingerprint density at radius 3 is 2.45 bits per heavy atom. The van der Waals surface area contributed by atoms with Crippen LogP contribution in [-0.4, -0.2) is 36.5 Å². The van der Waals surface area contributed by atoms with Crippen LogP contribution in [0.25, 0.3) is 0 Å². The molecule has 2 aliphatic rings. The zero-order chi connectivity index (χ0) is 14.2. The third-order valence-corrected chi connectivity index (χ3v) is 4.89. The van der Waals surface area contributed by atoms with Gasteiger partial charge in [-0.15, -0.1) is 0 Å². The number of amides is 1. The Morgan fingerprint density at radius 2 is 1.85 bits per heavy atom. The standard InChI is InChI=1S/C17H32N2O/c1-2-12-19(14-16-10-7-11-18-16)17(20)13-15-8-5-3-4-6-9-15/h15-16,18H,2-14H2,1H3. The van der Waals surface area contributed by atoms with Crippen molar-refractivity contribution >= 4 is 5.91 Å². The van der Waals surface area contributed by atoms with Crippen LogP contribution in [0, 0.1) is 5.92 Å². The average Bonchev–Trinajstić information content (AvgIpc) is 2.82. The smallest absolute Gasteiger partial charge is 0.222 e. The van der Waals surface area contributed by atoms with Crippen molar-refractivity contribution in [2.75, 3.05) is 19.6 Å². The maximum atomic E-state index is 12.6. The van der Waals surface area contributed by atoms with Crippen LogP contribution in [0.5, 0.6) is 0 Å². The summed E-state index contributed by atoms with van der Waals surface area (Å²) in [5.74, 6) is 1.06. The predicted octanol–water partition coefficient (Wildman–Crippen LogP) is 3.34. The Balaban J connectivity index is 1.81. The van der Waals surface area contributed by atoms with Gasteiger partial charge in [-0.3, -0.25) is 4.79 Å². The minimum Gasteiger partial charge on any atom is -0.341 e. The fraction of sp³-hybridized carbons (Fsp3) is 0.941. The zero-order valence-corrected chi connectivity index (χ0v) is 13.2. The molecular formula is C17H32N2O. The topological polar surface area (TPSA) is 32.3 Å². The summed E-state index contributed by atoms with van der Waals surface area (Å²) in [6, 6.07) is 0.541. The molecule has 3 nitrogen and oxygen atoms in total. The second-order valence-corrected chi connectivity index (χ2v) is 6.69. The van der Waals surface area contributed by atoms with E-state index in [0.717, 1.165) is 32.5 Å². The van der Waals surface area contributed by atoms with Gasteiger partial charge in [-0.25, -0.2) is 0 Å². The lowest BCUT2D eigenvalue weighted by Gasteiger charge is -2.27. The second kappa shape index (κ2) is 8.66. The number of nitrogens with zero attached hydrogens (tertiary/aromatic N) is 1. The van der Waals surface area contributed by atoms with Crippen molar-refractivity contribution in [2.24, 2.45) is 5.92 Å². The second-order valence-electron chi connectivity index (χ2n) is 6.69. The Morgan fingerprint density at radius 1 is 1.10 bits per heavy atom. The van der Waals surface area contributed by atoms with Gasteiger partial charge in [0.05, 0.1) is 0 Å². The van der Waals surface area contributed by atoms with Gasteiger partial charge in [-0.05, 0) is 44.6 Å². The molecule has 1 N–H and O–H groups in total. The first kappa shape index (κ1) is 15.8. The van der Waals surface area contributed by atoms with Crippen LogP contribution in [0.1, 0.15) is 71.1 Å². The summed E-state index contributed by atoms with van der Waals surface area (Å²) in [5.41, 5.74) is 0. The number of nitrogens with one attached hydrogen (secondary N) is 1. The first-order chi connectivity index (χ1) is 9.79. The van der Waals surface area contributed by atoms with Crippen molar-refractivity contribution in [1.82, 2.24) is 10.2 Å². The van der Waals surface area contributed by atoms with E-state index in [0.29, 0.717) is 17.9 Å². The Bertz CT molecular complexity index is 279. The van der Waals surface area contributed by atoms with Crippen LogP contribution < -0.4 is 5.32 Å². The summed E-state index contributed by atoms with van der Waals surface area (Å²) in [6.07, 6.45) is 12.3. The summed E-state index contributed by atoms with van der Waals surface area (Å²) < 4.78 is 0. The summed E-state index contributed by atoms with van der Waals surface area (Å²) in [5, 5.41) is 3.52. The molecule has 0 bridgehead atoms. The van der Waals surface area contributed by atoms with E-state index in [1.165, 1.54) is 51.4 Å². The van der Waals surface area contributed by atoms with E-state index in [2.05, 4.69) is 17.1 Å². The number of rotatable bonds is 6. The van der Waals surface area contributed by atoms with E-state index in [1.807, 2.05) is 0 Å². The van der Waals surface area contributed by atoms with Gasteiger partial charge in [0, 0.05) is 25.6 Å². The Kier molecular flexibility index (Phi) is 6.85. The molecule has 20 heavy (non-hydrogen) atoms. The van der Waals surface area contributed by atoms with Gasteiger partial charge in [0.25, 0.3) is 0 Å². The summed E-state index contributed by atoms with van der Waals surface area (Å²) in [6.45, 7) is 5.17. The summed E-state index contributed by atoms with van der Waals surface area (Å²) in [4.78, 5) is 14.7. The monoisotopic (exact) mass is 280 g/mol. The number of carbonyl (C=O) groups excluding carboxylic acids is 1. The van der Waals surface area contributed by atoms with E-state index < -0.39 is 0 Å². The molecular weight excluding hydrogens is 248 g/mol. The zero-order valence-electron chi connectivity index (χ0n) is 13.2. The molecule has 1 aliphatic heterocycles. The molecule has 2 fully saturated rings. The van der Waals surface area contributed by atoms with Crippen molar-refractivity contribution < 1.29 is 4.79 Å². The van der Waals surface area contributed by atoms with Crippen molar-refractivity contribution in [3.8, 4) is 0 Å². The SMILES string of the molecule is CCCN(CC1CCCN1)C(=O)CC1CCCCCC1. The largest absolute Gasteiger partial charge is 0.341 e. The molecule has 1 saturated carbocycles. The van der Waals surface area contributed by atoms with Crippen LogP contribution in [-0.2, 0) is 4.79 Å². The van der Waals surface area contributed by atoms with Gasteiger partial charge in [-0.1, -0.05) is 32.6 Å². The van der Waals surface area contributed by atoms with Gasteiger partial charge >= 0.3 is 0 Å². The highest BCUT2D eigenvalue weighted by Crippen LogP contribution is 2.26. The number of carbonyl (C=O) groups is 1. The lowest BCUT2D eigenvalue weighted by Crippen LogP contribution is -2.42. The van der Waals surface area contributed by atoms with Crippen molar-refractivity contribution in [1.29, 1.82) is 0 Å². The summed E-state index contributed by atoms with van der Waals surface area (Å²) in [7, 11) is 0. The number of hydrogen-bond acceptors (Lipinski definition) is 2. The Labute approximate surface area is 124 Å². The van der Waals surface area contributed by atoms with Crippen molar-refractivity contribution in [2.45, 2.75) is 77.2 Å². The van der Waals surface area contributed by atoms with Gasteiger partial charge in [-0.2, -0.15) is 0 Å². The molecule has 3 heteroatoms. The van der Waals surface area contributed by atoms with Crippen LogP contribution >= 0.6 is 0 Å². The number of hydrogen-bond donors (Lipinski definition) is 1. The molecule has 2 rings (SSSR count). The van der Waals surface area contributed by atoms with E-state index in [4.69, 9.17) is 0 Å². The molecule has 1 heterocycles. The van der Waals surface area contributed by atoms with Crippen molar-refractivity contribution in [3.05, 3.63) is 0 Å². The Hall–Kier alpha value is -0.570. The van der Waals surface area contributed by atoms with Crippen molar-refractivity contribution in [3.63, 3.8) is 0 Å². The fourth-order valence-corrected chi connectivity index (χ4v) is 3.71. The lowest BCUT2D eigenvalue weighted by molar-refractivity contribution is -0.132. The molecule has 1 atom stereocenters.